The van der Waals surface area contributed by atoms with Gasteiger partial charge in [-0.3, -0.25) is 0 Å². The molecule has 1 aromatic heterocycles. The molecule has 6 nitrogen and oxygen atoms in total. The fourth-order valence-corrected chi connectivity index (χ4v) is 3.46. The second kappa shape index (κ2) is 7.46. The molecule has 0 radical (unpaired) electrons. The number of benzene rings is 2. The Balaban J connectivity index is 1.83. The van der Waals surface area contributed by atoms with Crippen molar-refractivity contribution < 1.29 is 9.84 Å². The Labute approximate surface area is 165 Å². The highest BCUT2D eigenvalue weighted by Crippen LogP contribution is 2.41. The van der Waals surface area contributed by atoms with Crippen LogP contribution in [0.1, 0.15) is 11.8 Å². The topological polar surface area (TPSA) is 80.2 Å². The summed E-state index contributed by atoms with van der Waals surface area (Å²) in [4.78, 5) is 4.51. The molecule has 0 bridgehead atoms. The van der Waals surface area contributed by atoms with Gasteiger partial charge in [0.1, 0.15) is 5.75 Å². The molecule has 2 N–H and O–H groups in total. The van der Waals surface area contributed by atoms with E-state index in [2.05, 4.69) is 27.1 Å². The zero-order chi connectivity index (χ0) is 18.8. The van der Waals surface area contributed by atoms with Crippen LogP contribution in [0.25, 0.3) is 11.3 Å². The number of nitrogens with zero attached hydrogens (tertiary/aromatic N) is 3. The molecule has 2 aromatic carbocycles. The Hall–Kier alpha value is -2.77. The number of halogens is 1. The third kappa shape index (κ3) is 3.43. The highest BCUT2D eigenvalue weighted by Gasteiger charge is 2.27. The number of phenolic OH excluding ortho intramolecular Hbond substituents is 1. The summed E-state index contributed by atoms with van der Waals surface area (Å²) in [5, 5.41) is 22.5. The maximum atomic E-state index is 9.97. The smallest absolute Gasteiger partial charge is 0.247 e. The van der Waals surface area contributed by atoms with Crippen LogP contribution in [0.2, 0.25) is 5.02 Å². The summed E-state index contributed by atoms with van der Waals surface area (Å²) >= 11 is 7.71. The second-order valence-electron chi connectivity index (χ2n) is 5.72. The van der Waals surface area contributed by atoms with Gasteiger partial charge in [-0.2, -0.15) is 4.98 Å². The first-order valence-electron chi connectivity index (χ1n) is 8.15. The van der Waals surface area contributed by atoms with Gasteiger partial charge in [0.05, 0.1) is 5.02 Å². The summed E-state index contributed by atoms with van der Waals surface area (Å²) in [6.45, 7) is 3.70. The number of thioether (sulfide) groups is 1. The maximum Gasteiger partial charge on any atom is 0.247 e. The van der Waals surface area contributed by atoms with Crippen LogP contribution in [-0.2, 0) is 0 Å². The molecule has 1 aliphatic heterocycles. The molecule has 8 heteroatoms. The predicted octanol–water partition coefficient (Wildman–Crippen LogP) is 4.68. The maximum absolute atomic E-state index is 9.97. The SMILES string of the molecule is C=CCSc1nnc2c(n1)O[C@@H](c1cccc(O)c1Cl)Nc1ccccc1-2. The molecule has 3 aromatic rings. The van der Waals surface area contributed by atoms with Gasteiger partial charge >= 0.3 is 0 Å². The number of aromatic nitrogens is 3. The number of hydrogen-bond acceptors (Lipinski definition) is 7. The number of rotatable bonds is 4. The monoisotopic (exact) mass is 398 g/mol. The minimum absolute atomic E-state index is 0.0136. The predicted molar refractivity (Wildman–Crippen MR) is 106 cm³/mol. The van der Waals surface area contributed by atoms with Crippen LogP contribution in [0.3, 0.4) is 0 Å². The fraction of sp³-hybridized carbons (Fsp3) is 0.105. The minimum Gasteiger partial charge on any atom is -0.506 e. The van der Waals surface area contributed by atoms with Crippen molar-refractivity contribution in [3.63, 3.8) is 0 Å². The van der Waals surface area contributed by atoms with Crippen molar-refractivity contribution in [3.05, 3.63) is 65.7 Å². The molecule has 0 spiro atoms. The van der Waals surface area contributed by atoms with Gasteiger partial charge in [-0.05, 0) is 12.1 Å². The van der Waals surface area contributed by atoms with Gasteiger partial charge < -0.3 is 15.2 Å². The van der Waals surface area contributed by atoms with Crippen LogP contribution < -0.4 is 10.1 Å². The van der Waals surface area contributed by atoms with Crippen molar-refractivity contribution in [1.82, 2.24) is 15.2 Å². The largest absolute Gasteiger partial charge is 0.506 e. The molecule has 0 fully saturated rings. The van der Waals surface area contributed by atoms with Gasteiger partial charge in [-0.1, -0.05) is 59.8 Å². The highest BCUT2D eigenvalue weighted by atomic mass is 35.5. The first-order valence-corrected chi connectivity index (χ1v) is 9.52. The van der Waals surface area contributed by atoms with E-state index in [0.717, 1.165) is 11.3 Å². The second-order valence-corrected chi connectivity index (χ2v) is 7.08. The van der Waals surface area contributed by atoms with E-state index in [1.165, 1.54) is 17.8 Å². The molecule has 136 valence electrons. The number of hydrogen-bond donors (Lipinski definition) is 2. The fourth-order valence-electron chi connectivity index (χ4n) is 2.72. The van der Waals surface area contributed by atoms with Crippen molar-refractivity contribution in [1.29, 1.82) is 0 Å². The highest BCUT2D eigenvalue weighted by molar-refractivity contribution is 7.99. The van der Waals surface area contributed by atoms with Crippen molar-refractivity contribution in [2.45, 2.75) is 11.4 Å². The lowest BCUT2D eigenvalue weighted by Crippen LogP contribution is -2.17. The molecule has 2 heterocycles. The zero-order valence-corrected chi connectivity index (χ0v) is 15.7. The Morgan fingerprint density at radius 1 is 1.22 bits per heavy atom. The Morgan fingerprint density at radius 3 is 2.93 bits per heavy atom. The molecule has 0 aliphatic carbocycles. The summed E-state index contributed by atoms with van der Waals surface area (Å²) in [6.07, 6.45) is 1.12. The number of nitrogens with one attached hydrogen (secondary N) is 1. The van der Waals surface area contributed by atoms with E-state index in [9.17, 15) is 5.11 Å². The van der Waals surface area contributed by atoms with Gasteiger partial charge in [0.15, 0.2) is 11.9 Å². The standard InChI is InChI=1S/C19H15ClN4O2S/c1-2-10-27-19-22-18-16(23-24-19)11-6-3-4-8-13(11)21-17(26-18)12-7-5-9-14(25)15(12)20/h2-9,17,21,25H,1,10H2/t17-/m0/s1. The lowest BCUT2D eigenvalue weighted by atomic mass is 10.1. The first-order chi connectivity index (χ1) is 13.2. The minimum atomic E-state index is -0.652. The average Bonchev–Trinajstić information content (AvgIpc) is 2.84. The van der Waals surface area contributed by atoms with E-state index in [4.69, 9.17) is 16.3 Å². The van der Waals surface area contributed by atoms with Crippen molar-refractivity contribution >= 4 is 29.1 Å². The van der Waals surface area contributed by atoms with Crippen LogP contribution >= 0.6 is 23.4 Å². The molecule has 1 aliphatic rings. The van der Waals surface area contributed by atoms with Crippen molar-refractivity contribution in [2.24, 2.45) is 0 Å². The van der Waals surface area contributed by atoms with Crippen LogP contribution in [-0.4, -0.2) is 26.0 Å². The molecule has 27 heavy (non-hydrogen) atoms. The van der Waals surface area contributed by atoms with Gasteiger partial charge in [0.2, 0.25) is 11.0 Å². The first kappa shape index (κ1) is 17.6. The summed E-state index contributed by atoms with van der Waals surface area (Å²) in [5.41, 5.74) is 2.77. The molecule has 0 saturated heterocycles. The van der Waals surface area contributed by atoms with Gasteiger partial charge in [-0.15, -0.1) is 16.8 Å². The number of anilines is 1. The number of aromatic hydroxyl groups is 1. The van der Waals surface area contributed by atoms with E-state index in [1.807, 2.05) is 24.3 Å². The average molecular weight is 399 g/mol. The third-order valence-electron chi connectivity index (χ3n) is 3.95. The number of para-hydroxylation sites is 1. The lowest BCUT2D eigenvalue weighted by Gasteiger charge is -2.20. The van der Waals surface area contributed by atoms with Crippen LogP contribution in [0.15, 0.2) is 60.3 Å². The summed E-state index contributed by atoms with van der Waals surface area (Å²) in [6, 6.07) is 12.7. The Bertz CT molecular complexity index is 1010. The van der Waals surface area contributed by atoms with Crippen LogP contribution in [0, 0.1) is 0 Å². The van der Waals surface area contributed by atoms with E-state index in [0.29, 0.717) is 28.0 Å². The molecule has 0 amide bonds. The quantitative estimate of drug-likeness (QED) is 0.487. The molecule has 1 atom stereocenters. The lowest BCUT2D eigenvalue weighted by molar-refractivity contribution is 0.225. The molecular weight excluding hydrogens is 384 g/mol. The van der Waals surface area contributed by atoms with Crippen LogP contribution in [0.4, 0.5) is 5.69 Å². The van der Waals surface area contributed by atoms with Crippen molar-refractivity contribution in [3.8, 4) is 22.9 Å². The van der Waals surface area contributed by atoms with E-state index < -0.39 is 6.23 Å². The molecule has 4 rings (SSSR count). The number of ether oxygens (including phenoxy) is 1. The summed E-state index contributed by atoms with van der Waals surface area (Å²) in [5.74, 6) is 0.996. The summed E-state index contributed by atoms with van der Waals surface area (Å²) in [7, 11) is 0. The number of phenols is 1. The zero-order valence-electron chi connectivity index (χ0n) is 14.1. The van der Waals surface area contributed by atoms with Gasteiger partial charge in [0, 0.05) is 22.6 Å². The molecule has 0 saturated carbocycles. The molecular formula is C19H15ClN4O2S. The van der Waals surface area contributed by atoms with E-state index >= 15 is 0 Å². The Kier molecular flexibility index (Phi) is 4.87. The number of fused-ring (bicyclic) bond motifs is 3. The van der Waals surface area contributed by atoms with Gasteiger partial charge in [0.25, 0.3) is 0 Å². The Morgan fingerprint density at radius 2 is 2.07 bits per heavy atom. The normalized spacial score (nSPS) is 14.9. The van der Waals surface area contributed by atoms with Crippen LogP contribution in [0.5, 0.6) is 11.6 Å². The van der Waals surface area contributed by atoms with E-state index in [1.54, 1.807) is 18.2 Å². The molecule has 0 unspecified atom stereocenters. The van der Waals surface area contributed by atoms with E-state index in [-0.39, 0.29) is 10.8 Å². The third-order valence-corrected chi connectivity index (χ3v) is 5.20. The van der Waals surface area contributed by atoms with Crippen molar-refractivity contribution in [2.75, 3.05) is 11.1 Å². The summed E-state index contributed by atoms with van der Waals surface area (Å²) < 4.78 is 6.12. The van der Waals surface area contributed by atoms with Gasteiger partial charge in [-0.25, -0.2) is 0 Å².